The van der Waals surface area contributed by atoms with Gasteiger partial charge in [-0.1, -0.05) is 23.9 Å². The first kappa shape index (κ1) is 15.8. The van der Waals surface area contributed by atoms with Crippen LogP contribution in [0.15, 0.2) is 28.7 Å². The Morgan fingerprint density at radius 1 is 1.29 bits per heavy atom. The molecule has 2 rings (SSSR count). The number of halogens is 1. The third-order valence-electron chi connectivity index (χ3n) is 2.89. The number of rotatable bonds is 4. The fourth-order valence-electron chi connectivity index (χ4n) is 1.77. The van der Waals surface area contributed by atoms with E-state index in [1.165, 1.54) is 11.8 Å². The van der Waals surface area contributed by atoms with Crippen LogP contribution in [0.25, 0.3) is 0 Å². The largest absolute Gasteiger partial charge is 0.332 e. The van der Waals surface area contributed by atoms with Gasteiger partial charge in [-0.3, -0.25) is 25.2 Å². The van der Waals surface area contributed by atoms with Crippen molar-refractivity contribution in [3.05, 3.63) is 34.3 Å². The molecule has 112 valence electrons. The van der Waals surface area contributed by atoms with Crippen molar-refractivity contribution in [1.29, 1.82) is 0 Å². The molecule has 2 N–H and O–H groups in total. The second-order valence-corrected chi connectivity index (χ2v) is 6.23. The van der Waals surface area contributed by atoms with Gasteiger partial charge in [0, 0.05) is 29.7 Å². The lowest BCUT2D eigenvalue weighted by molar-refractivity contribution is -0.122. The van der Waals surface area contributed by atoms with Crippen LogP contribution < -0.4 is 10.9 Å². The lowest BCUT2D eigenvalue weighted by Gasteiger charge is -2.14. The molecule has 0 aliphatic carbocycles. The molecule has 1 aromatic carbocycles. The molecule has 1 fully saturated rings. The van der Waals surface area contributed by atoms with Gasteiger partial charge in [0.05, 0.1) is 5.56 Å². The van der Waals surface area contributed by atoms with Crippen LogP contribution in [0.2, 0.25) is 0 Å². The first-order valence-electron chi connectivity index (χ1n) is 6.33. The molecule has 3 amide bonds. The lowest BCUT2D eigenvalue weighted by Crippen LogP contribution is -2.43. The molecule has 0 atom stereocenters. The van der Waals surface area contributed by atoms with E-state index < -0.39 is 5.91 Å². The molecule has 8 heteroatoms. The normalized spacial score (nSPS) is 14.1. The number of carbonyl (C=O) groups excluding carboxylic acids is 3. The van der Waals surface area contributed by atoms with Crippen LogP contribution in [0, 0.1) is 0 Å². The molecule has 0 bridgehead atoms. The highest BCUT2D eigenvalue weighted by Gasteiger charge is 2.21. The fourth-order valence-corrected chi connectivity index (χ4v) is 3.08. The number of hydrazine groups is 1. The molecule has 0 spiro atoms. The Labute approximate surface area is 134 Å². The van der Waals surface area contributed by atoms with Gasteiger partial charge in [-0.05, 0) is 28.1 Å². The summed E-state index contributed by atoms with van der Waals surface area (Å²) in [7, 11) is 0. The maximum absolute atomic E-state index is 11.9. The van der Waals surface area contributed by atoms with Crippen LogP contribution >= 0.6 is 27.7 Å². The number of hydrogen-bond acceptors (Lipinski definition) is 4. The summed E-state index contributed by atoms with van der Waals surface area (Å²) in [5.41, 5.74) is 5.13. The zero-order chi connectivity index (χ0) is 15.2. The van der Waals surface area contributed by atoms with E-state index >= 15 is 0 Å². The van der Waals surface area contributed by atoms with Crippen molar-refractivity contribution >= 4 is 44.7 Å². The molecule has 0 aromatic heterocycles. The van der Waals surface area contributed by atoms with E-state index in [9.17, 15) is 14.4 Å². The zero-order valence-electron chi connectivity index (χ0n) is 11.1. The Bertz CT molecular complexity index is 567. The number of hydrogen-bond donors (Lipinski definition) is 2. The van der Waals surface area contributed by atoms with Crippen molar-refractivity contribution in [3.8, 4) is 0 Å². The van der Waals surface area contributed by atoms with Crippen LogP contribution in [-0.2, 0) is 4.79 Å². The van der Waals surface area contributed by atoms with Gasteiger partial charge in [0.2, 0.25) is 5.91 Å². The van der Waals surface area contributed by atoms with Crippen molar-refractivity contribution in [2.45, 2.75) is 6.42 Å². The molecule has 6 nitrogen and oxygen atoms in total. The summed E-state index contributed by atoms with van der Waals surface area (Å²) in [6.45, 7) is 1.03. The maximum atomic E-state index is 11.9. The summed E-state index contributed by atoms with van der Waals surface area (Å²) in [5, 5.41) is 0.0000479. The Hall–Kier alpha value is -1.54. The van der Waals surface area contributed by atoms with Gasteiger partial charge >= 0.3 is 0 Å². The molecule has 0 unspecified atom stereocenters. The SMILES string of the molecule is O=C(CCN1CCSC1=O)NNC(=O)c1ccccc1Br. The Balaban J connectivity index is 1.75. The predicted molar refractivity (Wildman–Crippen MR) is 83.8 cm³/mol. The second kappa shape index (κ2) is 7.46. The summed E-state index contributed by atoms with van der Waals surface area (Å²) in [4.78, 5) is 36.5. The van der Waals surface area contributed by atoms with E-state index in [0.717, 1.165) is 5.75 Å². The minimum Gasteiger partial charge on any atom is -0.332 e. The van der Waals surface area contributed by atoms with Crippen LogP contribution in [-0.4, -0.2) is 40.8 Å². The van der Waals surface area contributed by atoms with Crippen molar-refractivity contribution in [2.24, 2.45) is 0 Å². The van der Waals surface area contributed by atoms with Crippen molar-refractivity contribution < 1.29 is 14.4 Å². The van der Waals surface area contributed by atoms with Gasteiger partial charge in [-0.15, -0.1) is 0 Å². The minimum absolute atomic E-state index is 0.0000479. The summed E-state index contributed by atoms with van der Waals surface area (Å²) < 4.78 is 0.649. The van der Waals surface area contributed by atoms with E-state index in [1.807, 2.05) is 0 Å². The molecule has 1 heterocycles. The zero-order valence-corrected chi connectivity index (χ0v) is 13.5. The van der Waals surface area contributed by atoms with Crippen molar-refractivity contribution in [2.75, 3.05) is 18.8 Å². The van der Waals surface area contributed by atoms with E-state index in [2.05, 4.69) is 26.8 Å². The number of amides is 3. The van der Waals surface area contributed by atoms with Crippen molar-refractivity contribution in [1.82, 2.24) is 15.8 Å². The van der Waals surface area contributed by atoms with Crippen molar-refractivity contribution in [3.63, 3.8) is 0 Å². The molecule has 21 heavy (non-hydrogen) atoms. The van der Waals surface area contributed by atoms with Crippen LogP contribution in [0.5, 0.6) is 0 Å². The third-order valence-corrected chi connectivity index (χ3v) is 4.47. The standard InChI is InChI=1S/C13H14BrN3O3S/c14-10-4-2-1-3-9(10)12(19)16-15-11(18)5-6-17-7-8-21-13(17)20/h1-4H,5-8H2,(H,15,18)(H,16,19). The van der Waals surface area contributed by atoms with Gasteiger partial charge in [-0.25, -0.2) is 0 Å². The van der Waals surface area contributed by atoms with Crippen LogP contribution in [0.4, 0.5) is 4.79 Å². The molecular weight excluding hydrogens is 358 g/mol. The highest BCUT2D eigenvalue weighted by molar-refractivity contribution is 9.10. The van der Waals surface area contributed by atoms with Gasteiger partial charge in [0.25, 0.3) is 11.1 Å². The first-order chi connectivity index (χ1) is 10.1. The van der Waals surface area contributed by atoms with E-state index in [-0.39, 0.29) is 17.6 Å². The second-order valence-electron chi connectivity index (χ2n) is 4.33. The number of benzene rings is 1. The molecule has 1 saturated heterocycles. The molecule has 1 aromatic rings. The minimum atomic E-state index is -0.399. The average Bonchev–Trinajstić information content (AvgIpc) is 2.88. The highest BCUT2D eigenvalue weighted by Crippen LogP contribution is 2.17. The quantitative estimate of drug-likeness (QED) is 0.790. The topological polar surface area (TPSA) is 78.5 Å². The highest BCUT2D eigenvalue weighted by atomic mass is 79.9. The summed E-state index contributed by atoms with van der Waals surface area (Å²) in [5.74, 6) is 0.0305. The number of nitrogens with zero attached hydrogens (tertiary/aromatic N) is 1. The predicted octanol–water partition coefficient (Wildman–Crippen LogP) is 1.77. The molecule has 0 saturated carbocycles. The third kappa shape index (κ3) is 4.47. The average molecular weight is 372 g/mol. The molecular formula is C13H14BrN3O3S. The smallest absolute Gasteiger partial charge is 0.281 e. The lowest BCUT2D eigenvalue weighted by atomic mass is 10.2. The van der Waals surface area contributed by atoms with Gasteiger partial charge < -0.3 is 4.90 Å². The van der Waals surface area contributed by atoms with E-state index in [4.69, 9.17) is 0 Å². The van der Waals surface area contributed by atoms with E-state index in [1.54, 1.807) is 29.2 Å². The van der Waals surface area contributed by atoms with Gasteiger partial charge in [-0.2, -0.15) is 0 Å². The summed E-state index contributed by atoms with van der Waals surface area (Å²) >= 11 is 4.52. The number of thioether (sulfide) groups is 1. The van der Waals surface area contributed by atoms with Gasteiger partial charge in [0.1, 0.15) is 0 Å². The first-order valence-corrected chi connectivity index (χ1v) is 8.11. The number of carbonyl (C=O) groups is 3. The maximum Gasteiger partial charge on any atom is 0.281 e. The monoisotopic (exact) mass is 371 g/mol. The van der Waals surface area contributed by atoms with Crippen LogP contribution in [0.3, 0.4) is 0 Å². The van der Waals surface area contributed by atoms with Crippen LogP contribution in [0.1, 0.15) is 16.8 Å². The van der Waals surface area contributed by atoms with Gasteiger partial charge in [0.15, 0.2) is 0 Å². The Morgan fingerprint density at radius 2 is 2.05 bits per heavy atom. The van der Waals surface area contributed by atoms with E-state index in [0.29, 0.717) is 23.1 Å². The summed E-state index contributed by atoms with van der Waals surface area (Å²) in [6.07, 6.45) is 0.155. The fraction of sp³-hybridized carbons (Fsp3) is 0.308. The summed E-state index contributed by atoms with van der Waals surface area (Å²) in [6, 6.07) is 6.92. The Kier molecular flexibility index (Phi) is 5.63. The Morgan fingerprint density at radius 3 is 2.71 bits per heavy atom. The molecule has 1 aliphatic rings. The molecule has 0 radical (unpaired) electrons. The number of nitrogens with one attached hydrogen (secondary N) is 2. The molecule has 1 aliphatic heterocycles.